The number of esters is 2. The molecule has 1 fully saturated rings. The lowest BCUT2D eigenvalue weighted by Crippen LogP contribution is -2.32. The Morgan fingerprint density at radius 1 is 1.32 bits per heavy atom. The van der Waals surface area contributed by atoms with E-state index in [9.17, 15) is 14.7 Å². The predicted molar refractivity (Wildman–Crippen MR) is 80.8 cm³/mol. The van der Waals surface area contributed by atoms with Gasteiger partial charge in [0.15, 0.2) is 0 Å². The van der Waals surface area contributed by atoms with Crippen LogP contribution in [0.1, 0.15) is 33.6 Å². The van der Waals surface area contributed by atoms with Crippen LogP contribution in [0.4, 0.5) is 0 Å². The van der Waals surface area contributed by atoms with Gasteiger partial charge in [0.2, 0.25) is 0 Å². The van der Waals surface area contributed by atoms with Crippen molar-refractivity contribution in [3.8, 4) is 0 Å². The van der Waals surface area contributed by atoms with Crippen molar-refractivity contribution in [3.63, 3.8) is 0 Å². The third-order valence-corrected chi connectivity index (χ3v) is 3.96. The Bertz CT molecular complexity index is 557. The smallest absolute Gasteiger partial charge is 0.334 e. The average molecular weight is 306 g/mol. The van der Waals surface area contributed by atoms with E-state index in [4.69, 9.17) is 9.47 Å². The highest BCUT2D eigenvalue weighted by Gasteiger charge is 2.44. The summed E-state index contributed by atoms with van der Waals surface area (Å²) in [5, 5.41) is 10.0. The van der Waals surface area contributed by atoms with Gasteiger partial charge in [-0.05, 0) is 26.3 Å². The summed E-state index contributed by atoms with van der Waals surface area (Å²) in [6.45, 7) is 8.88. The first-order valence-electron chi connectivity index (χ1n) is 7.37. The fourth-order valence-electron chi connectivity index (χ4n) is 3.08. The van der Waals surface area contributed by atoms with Gasteiger partial charge in [-0.15, -0.1) is 0 Å². The van der Waals surface area contributed by atoms with Gasteiger partial charge in [-0.25, -0.2) is 4.79 Å². The molecule has 0 radical (unpaired) electrons. The minimum absolute atomic E-state index is 0.328. The van der Waals surface area contributed by atoms with Crippen molar-refractivity contribution >= 4 is 11.9 Å². The number of fused-ring (bicyclic) bond motifs is 1. The SMILES string of the molecule is C=C1C(=O)OC2CC(C)=CC(O)CC(C)=CC(OC(C)=O)C12. The molecule has 4 atom stereocenters. The molecule has 0 spiro atoms. The van der Waals surface area contributed by atoms with E-state index in [1.807, 2.05) is 13.8 Å². The average Bonchev–Trinajstić information content (AvgIpc) is 2.61. The molecule has 5 nitrogen and oxygen atoms in total. The van der Waals surface area contributed by atoms with Gasteiger partial charge >= 0.3 is 11.9 Å². The highest BCUT2D eigenvalue weighted by atomic mass is 16.6. The molecule has 120 valence electrons. The summed E-state index contributed by atoms with van der Waals surface area (Å²) in [7, 11) is 0. The number of carbonyl (C=O) groups excluding carboxylic acids is 2. The molecule has 0 aromatic rings. The third-order valence-electron chi connectivity index (χ3n) is 3.96. The van der Waals surface area contributed by atoms with Gasteiger partial charge in [-0.2, -0.15) is 0 Å². The quantitative estimate of drug-likeness (QED) is 0.456. The minimum atomic E-state index is -0.612. The van der Waals surface area contributed by atoms with Gasteiger partial charge in [-0.1, -0.05) is 23.8 Å². The van der Waals surface area contributed by atoms with Crippen LogP contribution in [0.3, 0.4) is 0 Å². The summed E-state index contributed by atoms with van der Waals surface area (Å²) in [6, 6.07) is 0. The first kappa shape index (κ1) is 16.5. The Morgan fingerprint density at radius 2 is 1.95 bits per heavy atom. The van der Waals surface area contributed by atoms with Crippen LogP contribution in [-0.2, 0) is 19.1 Å². The van der Waals surface area contributed by atoms with Crippen LogP contribution in [0.2, 0.25) is 0 Å². The van der Waals surface area contributed by atoms with E-state index in [2.05, 4.69) is 6.58 Å². The van der Waals surface area contributed by atoms with Crippen molar-refractivity contribution in [3.05, 3.63) is 35.5 Å². The predicted octanol–water partition coefficient (Wildman–Crippen LogP) is 2.06. The maximum atomic E-state index is 11.9. The van der Waals surface area contributed by atoms with Gasteiger partial charge in [0.05, 0.1) is 12.0 Å². The van der Waals surface area contributed by atoms with Crippen molar-refractivity contribution < 1.29 is 24.2 Å². The van der Waals surface area contributed by atoms with Crippen molar-refractivity contribution in [2.75, 3.05) is 0 Å². The summed E-state index contributed by atoms with van der Waals surface area (Å²) < 4.78 is 10.8. The molecule has 1 heterocycles. The number of rotatable bonds is 1. The van der Waals surface area contributed by atoms with Crippen LogP contribution >= 0.6 is 0 Å². The van der Waals surface area contributed by atoms with E-state index < -0.39 is 36.2 Å². The van der Waals surface area contributed by atoms with Gasteiger partial charge in [0, 0.05) is 18.9 Å². The van der Waals surface area contributed by atoms with Crippen LogP contribution in [0, 0.1) is 5.92 Å². The number of aliphatic hydroxyl groups is 1. The Balaban J connectivity index is 2.42. The monoisotopic (exact) mass is 306 g/mol. The lowest BCUT2D eigenvalue weighted by atomic mass is 9.85. The lowest BCUT2D eigenvalue weighted by Gasteiger charge is -2.26. The fourth-order valence-corrected chi connectivity index (χ4v) is 3.08. The number of hydrogen-bond donors (Lipinski definition) is 1. The molecule has 0 amide bonds. The van der Waals surface area contributed by atoms with Crippen LogP contribution in [0.25, 0.3) is 0 Å². The maximum Gasteiger partial charge on any atom is 0.334 e. The molecule has 2 rings (SSSR count). The summed E-state index contributed by atoms with van der Waals surface area (Å²) >= 11 is 0. The Morgan fingerprint density at radius 3 is 2.59 bits per heavy atom. The number of hydrogen-bond acceptors (Lipinski definition) is 5. The molecule has 1 N–H and O–H groups in total. The van der Waals surface area contributed by atoms with Crippen molar-refractivity contribution in [2.45, 2.75) is 51.9 Å². The van der Waals surface area contributed by atoms with E-state index in [0.717, 1.165) is 11.1 Å². The highest BCUT2D eigenvalue weighted by molar-refractivity contribution is 5.91. The second kappa shape index (κ2) is 6.48. The second-order valence-corrected chi connectivity index (χ2v) is 6.07. The van der Waals surface area contributed by atoms with Crippen LogP contribution < -0.4 is 0 Å². The van der Waals surface area contributed by atoms with E-state index in [1.165, 1.54) is 6.92 Å². The molecule has 5 heteroatoms. The minimum Gasteiger partial charge on any atom is -0.458 e. The van der Waals surface area contributed by atoms with Crippen LogP contribution in [0.5, 0.6) is 0 Å². The number of carbonyl (C=O) groups is 2. The van der Waals surface area contributed by atoms with Gasteiger partial charge in [-0.3, -0.25) is 4.79 Å². The largest absolute Gasteiger partial charge is 0.458 e. The van der Waals surface area contributed by atoms with E-state index in [0.29, 0.717) is 18.4 Å². The topological polar surface area (TPSA) is 72.8 Å². The zero-order valence-corrected chi connectivity index (χ0v) is 13.2. The molecular formula is C17H22O5. The Kier molecular flexibility index (Phi) is 4.86. The number of ether oxygens (including phenoxy) is 2. The van der Waals surface area contributed by atoms with E-state index in [-0.39, 0.29) is 0 Å². The Labute approximate surface area is 130 Å². The first-order valence-corrected chi connectivity index (χ1v) is 7.37. The molecule has 1 saturated heterocycles. The van der Waals surface area contributed by atoms with E-state index in [1.54, 1.807) is 12.2 Å². The summed E-state index contributed by atoms with van der Waals surface area (Å²) in [5.41, 5.74) is 2.14. The molecule has 1 aliphatic heterocycles. The van der Waals surface area contributed by atoms with Gasteiger partial charge in [0.1, 0.15) is 12.2 Å². The van der Waals surface area contributed by atoms with Crippen molar-refractivity contribution in [2.24, 2.45) is 5.92 Å². The van der Waals surface area contributed by atoms with Crippen molar-refractivity contribution in [1.29, 1.82) is 0 Å². The molecule has 0 bridgehead atoms. The van der Waals surface area contributed by atoms with Crippen LogP contribution in [0.15, 0.2) is 35.5 Å². The summed E-state index contributed by atoms with van der Waals surface area (Å²) in [6.07, 6.45) is 2.84. The zero-order valence-electron chi connectivity index (χ0n) is 13.2. The van der Waals surface area contributed by atoms with Gasteiger partial charge in [0.25, 0.3) is 0 Å². The standard InChI is InChI=1S/C17H22O5/c1-9-5-13(19)6-10(2)8-15-16(11(3)17(20)22-15)14(7-9)21-12(4)18/h6-7,13-16,19H,3,5,8H2,1-2,4H3. The van der Waals surface area contributed by atoms with Gasteiger partial charge < -0.3 is 14.6 Å². The molecule has 0 saturated carbocycles. The molecule has 22 heavy (non-hydrogen) atoms. The fraction of sp³-hybridized carbons (Fsp3) is 0.529. The lowest BCUT2D eigenvalue weighted by molar-refractivity contribution is -0.147. The summed E-state index contributed by atoms with van der Waals surface area (Å²) in [5.74, 6) is -1.28. The zero-order chi connectivity index (χ0) is 16.4. The van der Waals surface area contributed by atoms with Crippen molar-refractivity contribution in [1.82, 2.24) is 0 Å². The molecule has 1 aliphatic carbocycles. The number of aliphatic hydroxyl groups excluding tert-OH is 1. The maximum absolute atomic E-state index is 11.9. The molecule has 0 aromatic heterocycles. The molecule has 0 aromatic carbocycles. The summed E-state index contributed by atoms with van der Waals surface area (Å²) in [4.78, 5) is 23.3. The second-order valence-electron chi connectivity index (χ2n) is 6.07. The normalized spacial score (nSPS) is 32.5. The van der Waals surface area contributed by atoms with E-state index >= 15 is 0 Å². The van der Waals surface area contributed by atoms with Crippen LogP contribution in [-0.4, -0.2) is 35.4 Å². The molecular weight excluding hydrogens is 284 g/mol. The molecule has 4 unspecified atom stereocenters. The third kappa shape index (κ3) is 3.65. The Hall–Kier alpha value is -1.88. The molecule has 2 aliphatic rings. The first-order chi connectivity index (χ1) is 10.3. The highest BCUT2D eigenvalue weighted by Crippen LogP contribution is 2.36.